The Labute approximate surface area is 140 Å². The Morgan fingerprint density at radius 1 is 1.17 bits per heavy atom. The molecule has 5 nitrogen and oxygen atoms in total. The Morgan fingerprint density at radius 3 is 2.43 bits per heavy atom. The minimum atomic E-state index is 0.0189. The lowest BCUT2D eigenvalue weighted by Gasteiger charge is -2.35. The van der Waals surface area contributed by atoms with Crippen LogP contribution in [0.25, 0.3) is 0 Å². The van der Waals surface area contributed by atoms with Crippen LogP contribution in [0.2, 0.25) is 0 Å². The maximum atomic E-state index is 12.5. The normalized spacial score (nSPS) is 16.2. The van der Waals surface area contributed by atoms with Gasteiger partial charge in [0.1, 0.15) is 0 Å². The van der Waals surface area contributed by atoms with Gasteiger partial charge in [-0.05, 0) is 31.6 Å². The largest absolute Gasteiger partial charge is 0.322 e. The third kappa shape index (κ3) is 5.22. The summed E-state index contributed by atoms with van der Waals surface area (Å²) in [6.45, 7) is 9.92. The molecule has 5 heteroatoms. The lowest BCUT2D eigenvalue weighted by Crippen LogP contribution is -2.51. The maximum Gasteiger partial charge on any atom is 0.321 e. The average Bonchev–Trinajstić information content (AvgIpc) is 2.53. The van der Waals surface area contributed by atoms with E-state index in [1.54, 1.807) is 0 Å². The number of likely N-dealkylation sites (N-methyl/N-ethyl adjacent to an activating group) is 1. The van der Waals surface area contributed by atoms with Crippen LogP contribution in [0.15, 0.2) is 24.3 Å². The first-order valence-corrected chi connectivity index (χ1v) is 8.49. The smallest absolute Gasteiger partial charge is 0.321 e. The van der Waals surface area contributed by atoms with E-state index in [4.69, 9.17) is 0 Å². The molecule has 1 saturated heterocycles. The lowest BCUT2D eigenvalue weighted by molar-refractivity contribution is 0.140. The van der Waals surface area contributed by atoms with Gasteiger partial charge in [-0.3, -0.25) is 4.90 Å². The summed E-state index contributed by atoms with van der Waals surface area (Å²) in [5.41, 5.74) is 2.12. The zero-order valence-electron chi connectivity index (χ0n) is 14.9. The number of nitrogens with zero attached hydrogens (tertiary/aromatic N) is 3. The van der Waals surface area contributed by atoms with Crippen molar-refractivity contribution in [1.29, 1.82) is 0 Å². The number of urea groups is 1. The Morgan fingerprint density at radius 2 is 1.83 bits per heavy atom. The fourth-order valence-electron chi connectivity index (χ4n) is 2.82. The number of nitrogens with one attached hydrogen (secondary N) is 1. The molecule has 0 atom stereocenters. The SMILES string of the molecule is CC(C)c1ccccc1NC(=O)N1CCN(CCN(C)C)CC1. The van der Waals surface area contributed by atoms with E-state index in [2.05, 4.69) is 49.1 Å². The summed E-state index contributed by atoms with van der Waals surface area (Å²) in [5, 5.41) is 3.09. The maximum absolute atomic E-state index is 12.5. The highest BCUT2D eigenvalue weighted by molar-refractivity contribution is 5.90. The van der Waals surface area contributed by atoms with Gasteiger partial charge in [0.2, 0.25) is 0 Å². The van der Waals surface area contributed by atoms with Gasteiger partial charge in [0.15, 0.2) is 0 Å². The number of para-hydroxylation sites is 1. The number of carbonyl (C=O) groups excluding carboxylic acids is 1. The van der Waals surface area contributed by atoms with Gasteiger partial charge in [-0.1, -0.05) is 32.0 Å². The highest BCUT2D eigenvalue weighted by Gasteiger charge is 2.21. The van der Waals surface area contributed by atoms with Crippen LogP contribution in [0.1, 0.15) is 25.3 Å². The molecule has 0 unspecified atom stereocenters. The molecule has 23 heavy (non-hydrogen) atoms. The lowest BCUT2D eigenvalue weighted by atomic mass is 10.0. The quantitative estimate of drug-likeness (QED) is 0.907. The number of rotatable bonds is 5. The highest BCUT2D eigenvalue weighted by atomic mass is 16.2. The van der Waals surface area contributed by atoms with E-state index in [0.717, 1.165) is 45.0 Å². The number of anilines is 1. The first kappa shape index (κ1) is 17.8. The van der Waals surface area contributed by atoms with Crippen LogP contribution in [0.5, 0.6) is 0 Å². The third-order valence-electron chi connectivity index (χ3n) is 4.35. The second-order valence-electron chi connectivity index (χ2n) is 6.80. The molecule has 1 aliphatic heterocycles. The van der Waals surface area contributed by atoms with Gasteiger partial charge in [-0.2, -0.15) is 0 Å². The number of hydrogen-bond donors (Lipinski definition) is 1. The Bertz CT molecular complexity index is 507. The van der Waals surface area contributed by atoms with E-state index in [9.17, 15) is 4.79 Å². The molecule has 2 amide bonds. The number of benzene rings is 1. The molecule has 0 aromatic heterocycles. The van der Waals surface area contributed by atoms with Crippen LogP contribution < -0.4 is 5.32 Å². The zero-order chi connectivity index (χ0) is 16.8. The fourth-order valence-corrected chi connectivity index (χ4v) is 2.82. The summed E-state index contributed by atoms with van der Waals surface area (Å²) in [6, 6.07) is 8.08. The summed E-state index contributed by atoms with van der Waals surface area (Å²) >= 11 is 0. The standard InChI is InChI=1S/C18H30N4O/c1-15(2)16-7-5-6-8-17(16)19-18(23)22-13-11-21(12-14-22)10-9-20(3)4/h5-8,15H,9-14H2,1-4H3,(H,19,23). The summed E-state index contributed by atoms with van der Waals surface area (Å²) in [5.74, 6) is 0.398. The predicted molar refractivity (Wildman–Crippen MR) is 96.1 cm³/mol. The molecule has 1 fully saturated rings. The number of amides is 2. The van der Waals surface area contributed by atoms with E-state index < -0.39 is 0 Å². The first-order valence-electron chi connectivity index (χ1n) is 8.49. The molecule has 0 aliphatic carbocycles. The van der Waals surface area contributed by atoms with Gasteiger partial charge in [0.05, 0.1) is 0 Å². The van der Waals surface area contributed by atoms with Gasteiger partial charge in [0, 0.05) is 45.0 Å². The van der Waals surface area contributed by atoms with Crippen molar-refractivity contribution in [3.05, 3.63) is 29.8 Å². The summed E-state index contributed by atoms with van der Waals surface area (Å²) in [7, 11) is 4.19. The van der Waals surface area contributed by atoms with Crippen molar-refractivity contribution in [2.45, 2.75) is 19.8 Å². The van der Waals surface area contributed by atoms with Crippen LogP contribution in [0.4, 0.5) is 10.5 Å². The van der Waals surface area contributed by atoms with Gasteiger partial charge in [-0.25, -0.2) is 4.79 Å². The van der Waals surface area contributed by atoms with E-state index in [-0.39, 0.29) is 6.03 Å². The second kappa shape index (κ2) is 8.31. The molecular weight excluding hydrogens is 288 g/mol. The first-order chi connectivity index (χ1) is 11.0. The van der Waals surface area contributed by atoms with Crippen molar-refractivity contribution in [3.8, 4) is 0 Å². The van der Waals surface area contributed by atoms with Crippen LogP contribution in [-0.4, -0.2) is 74.1 Å². The third-order valence-corrected chi connectivity index (χ3v) is 4.35. The Balaban J connectivity index is 1.86. The number of piperazine rings is 1. The van der Waals surface area contributed by atoms with E-state index >= 15 is 0 Å². The topological polar surface area (TPSA) is 38.8 Å². The molecule has 2 rings (SSSR count). The van der Waals surface area contributed by atoms with Crippen molar-refractivity contribution in [2.75, 3.05) is 58.7 Å². The minimum Gasteiger partial charge on any atom is -0.322 e. The van der Waals surface area contributed by atoms with E-state index in [1.165, 1.54) is 5.56 Å². The van der Waals surface area contributed by atoms with Crippen LogP contribution in [0, 0.1) is 0 Å². The highest BCUT2D eigenvalue weighted by Crippen LogP contribution is 2.24. The van der Waals surface area contributed by atoms with E-state index in [1.807, 2.05) is 23.1 Å². The van der Waals surface area contributed by atoms with Gasteiger partial charge in [-0.15, -0.1) is 0 Å². The van der Waals surface area contributed by atoms with Gasteiger partial charge >= 0.3 is 6.03 Å². The van der Waals surface area contributed by atoms with Crippen molar-refractivity contribution >= 4 is 11.7 Å². The van der Waals surface area contributed by atoms with Crippen LogP contribution >= 0.6 is 0 Å². The van der Waals surface area contributed by atoms with Crippen molar-refractivity contribution in [3.63, 3.8) is 0 Å². The fraction of sp³-hybridized carbons (Fsp3) is 0.611. The van der Waals surface area contributed by atoms with Crippen molar-refractivity contribution in [2.24, 2.45) is 0 Å². The molecule has 1 aromatic rings. The zero-order valence-corrected chi connectivity index (χ0v) is 14.9. The van der Waals surface area contributed by atoms with Gasteiger partial charge < -0.3 is 15.1 Å². The minimum absolute atomic E-state index is 0.0189. The molecule has 0 spiro atoms. The molecule has 1 heterocycles. The molecule has 1 aliphatic rings. The molecule has 1 N–H and O–H groups in total. The van der Waals surface area contributed by atoms with Gasteiger partial charge in [0.25, 0.3) is 0 Å². The monoisotopic (exact) mass is 318 g/mol. The molecule has 128 valence electrons. The number of hydrogen-bond acceptors (Lipinski definition) is 3. The second-order valence-corrected chi connectivity index (χ2v) is 6.80. The molecule has 0 saturated carbocycles. The Hall–Kier alpha value is -1.59. The average molecular weight is 318 g/mol. The van der Waals surface area contributed by atoms with Crippen molar-refractivity contribution < 1.29 is 4.79 Å². The summed E-state index contributed by atoms with van der Waals surface area (Å²) in [4.78, 5) is 19.0. The summed E-state index contributed by atoms with van der Waals surface area (Å²) < 4.78 is 0. The van der Waals surface area contributed by atoms with Crippen molar-refractivity contribution in [1.82, 2.24) is 14.7 Å². The Kier molecular flexibility index (Phi) is 6.42. The molecular formula is C18H30N4O. The molecule has 0 radical (unpaired) electrons. The van der Waals surface area contributed by atoms with Crippen LogP contribution in [-0.2, 0) is 0 Å². The number of carbonyl (C=O) groups is 1. The molecule has 1 aromatic carbocycles. The predicted octanol–water partition coefficient (Wildman–Crippen LogP) is 2.52. The van der Waals surface area contributed by atoms with E-state index in [0.29, 0.717) is 5.92 Å². The van der Waals surface area contributed by atoms with Crippen LogP contribution in [0.3, 0.4) is 0 Å². The summed E-state index contributed by atoms with van der Waals surface area (Å²) in [6.07, 6.45) is 0. The molecule has 0 bridgehead atoms.